The van der Waals surface area contributed by atoms with Crippen LogP contribution in [0.1, 0.15) is 6.42 Å². The Kier molecular flexibility index (Phi) is 1.72. The summed E-state index contributed by atoms with van der Waals surface area (Å²) in [5.41, 5.74) is 0. The van der Waals surface area contributed by atoms with Crippen molar-refractivity contribution in [3.63, 3.8) is 0 Å². The van der Waals surface area contributed by atoms with Crippen LogP contribution < -0.4 is 10.1 Å². The van der Waals surface area contributed by atoms with E-state index in [4.69, 9.17) is 4.74 Å². The number of aromatic amines is 1. The molecule has 1 fully saturated rings. The van der Waals surface area contributed by atoms with Crippen molar-refractivity contribution in [3.05, 3.63) is 6.33 Å². The van der Waals surface area contributed by atoms with Gasteiger partial charge in [0.25, 0.3) is 0 Å². The van der Waals surface area contributed by atoms with Gasteiger partial charge in [-0.2, -0.15) is 10.1 Å². The Bertz CT molecular complexity index is 204. The third kappa shape index (κ3) is 1.48. The van der Waals surface area contributed by atoms with Gasteiger partial charge < -0.3 is 10.1 Å². The quantitative estimate of drug-likeness (QED) is 0.605. The highest BCUT2D eigenvalue weighted by atomic mass is 16.5. The molecule has 1 unspecified atom stereocenters. The first-order valence-electron chi connectivity index (χ1n) is 3.68. The molecule has 1 atom stereocenters. The van der Waals surface area contributed by atoms with Crippen molar-refractivity contribution in [1.29, 1.82) is 0 Å². The smallest absolute Gasteiger partial charge is 0.312 e. The van der Waals surface area contributed by atoms with Gasteiger partial charge in [0.15, 0.2) is 0 Å². The molecule has 1 aliphatic heterocycles. The summed E-state index contributed by atoms with van der Waals surface area (Å²) in [5, 5.41) is 9.53. The Balaban J connectivity index is 1.90. The van der Waals surface area contributed by atoms with Crippen LogP contribution in [0.4, 0.5) is 0 Å². The zero-order chi connectivity index (χ0) is 7.52. The van der Waals surface area contributed by atoms with Gasteiger partial charge in [-0.3, -0.25) is 0 Å². The van der Waals surface area contributed by atoms with E-state index in [0.29, 0.717) is 6.01 Å². The molecule has 1 saturated heterocycles. The predicted molar refractivity (Wildman–Crippen MR) is 38.3 cm³/mol. The molecule has 0 aliphatic carbocycles. The van der Waals surface area contributed by atoms with Gasteiger partial charge in [0.1, 0.15) is 12.4 Å². The molecule has 2 heterocycles. The molecule has 0 saturated carbocycles. The van der Waals surface area contributed by atoms with Crippen molar-refractivity contribution in [1.82, 2.24) is 20.5 Å². The first-order valence-corrected chi connectivity index (χ1v) is 3.68. The maximum atomic E-state index is 5.42. The van der Waals surface area contributed by atoms with Crippen molar-refractivity contribution < 1.29 is 4.74 Å². The van der Waals surface area contributed by atoms with Crippen LogP contribution >= 0.6 is 0 Å². The van der Waals surface area contributed by atoms with E-state index < -0.39 is 0 Å². The summed E-state index contributed by atoms with van der Waals surface area (Å²) >= 11 is 0. The normalized spacial score (nSPS) is 23.8. The summed E-state index contributed by atoms with van der Waals surface area (Å²) in [6.07, 6.45) is 2.74. The lowest BCUT2D eigenvalue weighted by molar-refractivity contribution is 0.205. The van der Waals surface area contributed by atoms with Crippen molar-refractivity contribution >= 4 is 0 Å². The molecule has 0 radical (unpaired) electrons. The summed E-state index contributed by atoms with van der Waals surface area (Å²) in [6, 6.07) is 0.513. The van der Waals surface area contributed by atoms with Crippen molar-refractivity contribution in [3.8, 4) is 6.01 Å². The van der Waals surface area contributed by atoms with E-state index in [1.807, 2.05) is 0 Å². The molecule has 5 nitrogen and oxygen atoms in total. The molecule has 0 amide bonds. The fourth-order valence-electron chi connectivity index (χ4n) is 1.14. The maximum Gasteiger partial charge on any atom is 0.312 e. The van der Waals surface area contributed by atoms with Crippen LogP contribution in [0.15, 0.2) is 6.33 Å². The van der Waals surface area contributed by atoms with Crippen LogP contribution in [-0.4, -0.2) is 34.4 Å². The van der Waals surface area contributed by atoms with Gasteiger partial charge in [-0.1, -0.05) is 0 Å². The predicted octanol–water partition coefficient (Wildman–Crippen LogP) is -0.455. The Morgan fingerprint density at radius 1 is 1.64 bits per heavy atom. The SMILES string of the molecule is c1n[nH]c(OC2CCNC2)n1. The Hall–Kier alpha value is -1.10. The standard InChI is InChI=1S/C6H10N4O/c1-2-7-3-5(1)11-6-8-4-9-10-6/h4-5,7H,1-3H2,(H,8,9,10). The number of hydrogen-bond donors (Lipinski definition) is 2. The minimum atomic E-state index is 0.253. The van der Waals surface area contributed by atoms with Gasteiger partial charge in [-0.15, -0.1) is 0 Å². The van der Waals surface area contributed by atoms with E-state index >= 15 is 0 Å². The molecule has 1 aromatic heterocycles. The number of ether oxygens (including phenoxy) is 1. The van der Waals surface area contributed by atoms with Crippen molar-refractivity contribution in [2.45, 2.75) is 12.5 Å². The first-order chi connectivity index (χ1) is 5.45. The lowest BCUT2D eigenvalue weighted by Crippen LogP contribution is -2.20. The summed E-state index contributed by atoms with van der Waals surface area (Å²) < 4.78 is 5.42. The van der Waals surface area contributed by atoms with Gasteiger partial charge in [-0.25, -0.2) is 5.10 Å². The summed E-state index contributed by atoms with van der Waals surface area (Å²) in [4.78, 5) is 3.86. The summed E-state index contributed by atoms with van der Waals surface area (Å²) in [7, 11) is 0. The minimum absolute atomic E-state index is 0.253. The van der Waals surface area contributed by atoms with Crippen molar-refractivity contribution in [2.75, 3.05) is 13.1 Å². The van der Waals surface area contributed by atoms with Crippen LogP contribution in [0.3, 0.4) is 0 Å². The Morgan fingerprint density at radius 2 is 2.64 bits per heavy atom. The molecule has 60 valence electrons. The molecule has 5 heteroatoms. The van der Waals surface area contributed by atoms with Gasteiger partial charge in [0.05, 0.1) is 0 Å². The largest absolute Gasteiger partial charge is 0.459 e. The Labute approximate surface area is 64.2 Å². The highest BCUT2D eigenvalue weighted by Gasteiger charge is 2.16. The zero-order valence-electron chi connectivity index (χ0n) is 6.08. The second-order valence-corrected chi connectivity index (χ2v) is 2.52. The average Bonchev–Trinajstić information content (AvgIpc) is 2.60. The monoisotopic (exact) mass is 154 g/mol. The number of aromatic nitrogens is 3. The molecular weight excluding hydrogens is 144 g/mol. The van der Waals surface area contributed by atoms with Crippen molar-refractivity contribution in [2.24, 2.45) is 0 Å². The fourth-order valence-corrected chi connectivity index (χ4v) is 1.14. The van der Waals surface area contributed by atoms with Gasteiger partial charge in [0, 0.05) is 6.54 Å². The van der Waals surface area contributed by atoms with Crippen LogP contribution in [0.2, 0.25) is 0 Å². The van der Waals surface area contributed by atoms with E-state index in [2.05, 4.69) is 20.5 Å². The zero-order valence-corrected chi connectivity index (χ0v) is 6.08. The maximum absolute atomic E-state index is 5.42. The molecular formula is C6H10N4O. The molecule has 1 aliphatic rings. The number of H-pyrrole nitrogens is 1. The van der Waals surface area contributed by atoms with E-state index in [-0.39, 0.29) is 6.10 Å². The lowest BCUT2D eigenvalue weighted by Gasteiger charge is -2.07. The second-order valence-electron chi connectivity index (χ2n) is 2.52. The molecule has 2 rings (SSSR count). The molecule has 11 heavy (non-hydrogen) atoms. The van der Waals surface area contributed by atoms with Crippen LogP contribution in [-0.2, 0) is 0 Å². The second kappa shape index (κ2) is 2.87. The van der Waals surface area contributed by atoms with Gasteiger partial charge in [0.2, 0.25) is 0 Å². The highest BCUT2D eigenvalue weighted by molar-refractivity contribution is 4.89. The summed E-state index contributed by atoms with van der Waals surface area (Å²) in [6.45, 7) is 1.93. The third-order valence-corrected chi connectivity index (χ3v) is 1.69. The van der Waals surface area contributed by atoms with Gasteiger partial charge >= 0.3 is 6.01 Å². The summed E-state index contributed by atoms with van der Waals surface area (Å²) in [5.74, 6) is 0. The molecule has 1 aromatic rings. The van der Waals surface area contributed by atoms with E-state index in [0.717, 1.165) is 19.5 Å². The lowest BCUT2D eigenvalue weighted by atomic mass is 10.3. The minimum Gasteiger partial charge on any atom is -0.459 e. The van der Waals surface area contributed by atoms with E-state index in [9.17, 15) is 0 Å². The fraction of sp³-hybridized carbons (Fsp3) is 0.667. The number of hydrogen-bond acceptors (Lipinski definition) is 4. The molecule has 0 aromatic carbocycles. The van der Waals surface area contributed by atoms with Crippen LogP contribution in [0, 0.1) is 0 Å². The van der Waals surface area contributed by atoms with E-state index in [1.165, 1.54) is 6.33 Å². The van der Waals surface area contributed by atoms with E-state index in [1.54, 1.807) is 0 Å². The van der Waals surface area contributed by atoms with Gasteiger partial charge in [-0.05, 0) is 13.0 Å². The third-order valence-electron chi connectivity index (χ3n) is 1.69. The van der Waals surface area contributed by atoms with Crippen LogP contribution in [0.5, 0.6) is 6.01 Å². The average molecular weight is 154 g/mol. The topological polar surface area (TPSA) is 62.8 Å². The number of nitrogens with one attached hydrogen (secondary N) is 2. The number of rotatable bonds is 2. The van der Waals surface area contributed by atoms with Crippen LogP contribution in [0.25, 0.3) is 0 Å². The highest BCUT2D eigenvalue weighted by Crippen LogP contribution is 2.06. The Morgan fingerprint density at radius 3 is 3.27 bits per heavy atom. The first kappa shape index (κ1) is 6.60. The number of nitrogens with zero attached hydrogens (tertiary/aromatic N) is 2. The molecule has 2 N–H and O–H groups in total. The molecule has 0 bridgehead atoms. The molecule has 0 spiro atoms.